The molecule has 1 aromatic carbocycles. The first-order chi connectivity index (χ1) is 6.69. The summed E-state index contributed by atoms with van der Waals surface area (Å²) in [4.78, 5) is 0. The van der Waals surface area contributed by atoms with Crippen LogP contribution in [0.5, 0.6) is 5.75 Å². The minimum absolute atomic E-state index is 0.247. The highest BCUT2D eigenvalue weighted by atomic mass is 32.1. The van der Waals surface area contributed by atoms with Gasteiger partial charge in [-0.1, -0.05) is 19.1 Å². The third kappa shape index (κ3) is 2.35. The van der Waals surface area contributed by atoms with Crippen LogP contribution < -0.4 is 15.8 Å². The Bertz CT molecular complexity index is 339. The molecule has 0 aromatic heterocycles. The van der Waals surface area contributed by atoms with E-state index in [1.807, 2.05) is 18.2 Å². The van der Waals surface area contributed by atoms with Gasteiger partial charge in [0.25, 0.3) is 0 Å². The Morgan fingerprint density at radius 3 is 2.79 bits per heavy atom. The van der Waals surface area contributed by atoms with Crippen molar-refractivity contribution in [3.63, 3.8) is 0 Å². The Kier molecular flexibility index (Phi) is 3.71. The Morgan fingerprint density at radius 2 is 2.29 bits per heavy atom. The SMILES string of the molecule is CCc1cccc(NC(N)=S)c1OC. The van der Waals surface area contributed by atoms with Crippen molar-refractivity contribution in [2.75, 3.05) is 12.4 Å². The highest BCUT2D eigenvalue weighted by Gasteiger charge is 2.07. The van der Waals surface area contributed by atoms with E-state index in [1.165, 1.54) is 0 Å². The second kappa shape index (κ2) is 4.81. The summed E-state index contributed by atoms with van der Waals surface area (Å²) in [6.07, 6.45) is 0.913. The third-order valence-corrected chi connectivity index (χ3v) is 2.04. The van der Waals surface area contributed by atoms with Crippen LogP contribution in [0.3, 0.4) is 0 Å². The van der Waals surface area contributed by atoms with Crippen molar-refractivity contribution in [3.05, 3.63) is 23.8 Å². The van der Waals surface area contributed by atoms with E-state index in [4.69, 9.17) is 22.7 Å². The van der Waals surface area contributed by atoms with Gasteiger partial charge >= 0.3 is 0 Å². The standard InChI is InChI=1S/C10H14N2OS/c1-3-7-5-4-6-8(9(7)13-2)12-10(11)14/h4-6H,3H2,1-2H3,(H3,11,12,14). The molecule has 0 saturated carbocycles. The summed E-state index contributed by atoms with van der Waals surface area (Å²) < 4.78 is 5.29. The molecule has 0 radical (unpaired) electrons. The van der Waals surface area contributed by atoms with Crippen molar-refractivity contribution >= 4 is 23.0 Å². The molecule has 0 heterocycles. The summed E-state index contributed by atoms with van der Waals surface area (Å²) in [7, 11) is 1.64. The maximum Gasteiger partial charge on any atom is 0.168 e. The minimum atomic E-state index is 0.247. The number of nitrogens with two attached hydrogens (primary N) is 1. The van der Waals surface area contributed by atoms with E-state index in [0.29, 0.717) is 0 Å². The van der Waals surface area contributed by atoms with Gasteiger partial charge in [0.05, 0.1) is 12.8 Å². The summed E-state index contributed by atoms with van der Waals surface area (Å²) in [5.41, 5.74) is 7.36. The van der Waals surface area contributed by atoms with Crippen LogP contribution in [0.2, 0.25) is 0 Å². The molecule has 0 fully saturated rings. The van der Waals surface area contributed by atoms with Crippen LogP contribution in [0, 0.1) is 0 Å². The molecule has 0 amide bonds. The maximum atomic E-state index is 5.40. The Labute approximate surface area is 89.3 Å². The lowest BCUT2D eigenvalue weighted by Gasteiger charge is -2.12. The van der Waals surface area contributed by atoms with Gasteiger partial charge in [-0.05, 0) is 30.3 Å². The summed E-state index contributed by atoms with van der Waals surface area (Å²) in [5, 5.41) is 3.13. The smallest absolute Gasteiger partial charge is 0.168 e. The average Bonchev–Trinajstić information content (AvgIpc) is 2.16. The molecule has 0 aliphatic carbocycles. The van der Waals surface area contributed by atoms with Crippen LogP contribution >= 0.6 is 12.2 Å². The van der Waals surface area contributed by atoms with Gasteiger partial charge in [-0.2, -0.15) is 0 Å². The number of anilines is 1. The van der Waals surface area contributed by atoms with Crippen LogP contribution in [0.25, 0.3) is 0 Å². The first kappa shape index (κ1) is 10.8. The molecular formula is C10H14N2OS. The molecule has 0 saturated heterocycles. The van der Waals surface area contributed by atoms with Gasteiger partial charge in [0.2, 0.25) is 0 Å². The van der Waals surface area contributed by atoms with Gasteiger partial charge in [0.15, 0.2) is 5.11 Å². The highest BCUT2D eigenvalue weighted by Crippen LogP contribution is 2.28. The fraction of sp³-hybridized carbons (Fsp3) is 0.300. The summed E-state index contributed by atoms with van der Waals surface area (Å²) in [6, 6.07) is 5.85. The second-order valence-electron chi connectivity index (χ2n) is 2.84. The summed E-state index contributed by atoms with van der Waals surface area (Å²) in [5.74, 6) is 0.808. The first-order valence-electron chi connectivity index (χ1n) is 4.41. The van der Waals surface area contributed by atoms with Crippen LogP contribution in [0.15, 0.2) is 18.2 Å². The summed E-state index contributed by atoms with van der Waals surface area (Å²) in [6.45, 7) is 2.07. The number of aryl methyl sites for hydroxylation is 1. The Morgan fingerprint density at radius 1 is 1.57 bits per heavy atom. The zero-order chi connectivity index (χ0) is 10.6. The van der Waals surface area contributed by atoms with E-state index in [9.17, 15) is 0 Å². The largest absolute Gasteiger partial charge is 0.494 e. The Balaban J connectivity index is 3.08. The van der Waals surface area contributed by atoms with Gasteiger partial charge in [-0.3, -0.25) is 0 Å². The number of hydrogen-bond donors (Lipinski definition) is 2. The van der Waals surface area contributed by atoms with E-state index in [1.54, 1.807) is 7.11 Å². The molecule has 0 spiro atoms. The van der Waals surface area contributed by atoms with Crippen molar-refractivity contribution in [1.29, 1.82) is 0 Å². The molecule has 0 bridgehead atoms. The van der Waals surface area contributed by atoms with Gasteiger partial charge in [-0.25, -0.2) is 0 Å². The topological polar surface area (TPSA) is 47.3 Å². The van der Waals surface area contributed by atoms with E-state index in [0.717, 1.165) is 23.4 Å². The van der Waals surface area contributed by atoms with Gasteiger partial charge in [-0.15, -0.1) is 0 Å². The number of para-hydroxylation sites is 1. The van der Waals surface area contributed by atoms with Crippen molar-refractivity contribution in [2.45, 2.75) is 13.3 Å². The fourth-order valence-electron chi connectivity index (χ4n) is 1.34. The second-order valence-corrected chi connectivity index (χ2v) is 3.28. The number of nitrogens with one attached hydrogen (secondary N) is 1. The minimum Gasteiger partial charge on any atom is -0.494 e. The number of rotatable bonds is 3. The summed E-state index contributed by atoms with van der Waals surface area (Å²) >= 11 is 4.78. The fourth-order valence-corrected chi connectivity index (χ4v) is 1.45. The maximum absolute atomic E-state index is 5.40. The molecule has 14 heavy (non-hydrogen) atoms. The quantitative estimate of drug-likeness (QED) is 0.748. The van der Waals surface area contributed by atoms with Crippen LogP contribution in [-0.4, -0.2) is 12.2 Å². The van der Waals surface area contributed by atoms with Crippen molar-refractivity contribution in [2.24, 2.45) is 5.73 Å². The molecular weight excluding hydrogens is 196 g/mol. The molecule has 3 nitrogen and oxygen atoms in total. The van der Waals surface area contributed by atoms with Crippen LogP contribution in [0.1, 0.15) is 12.5 Å². The predicted molar refractivity (Wildman–Crippen MR) is 62.8 cm³/mol. The zero-order valence-corrected chi connectivity index (χ0v) is 9.15. The van der Waals surface area contributed by atoms with Crippen molar-refractivity contribution in [1.82, 2.24) is 0 Å². The number of benzene rings is 1. The van der Waals surface area contributed by atoms with E-state index in [-0.39, 0.29) is 5.11 Å². The number of hydrogen-bond acceptors (Lipinski definition) is 2. The Hall–Kier alpha value is -1.29. The molecule has 1 rings (SSSR count). The van der Waals surface area contributed by atoms with E-state index < -0.39 is 0 Å². The van der Waals surface area contributed by atoms with Crippen molar-refractivity contribution < 1.29 is 4.74 Å². The van der Waals surface area contributed by atoms with Gasteiger partial charge in [0.1, 0.15) is 5.75 Å². The molecule has 1 aromatic rings. The van der Waals surface area contributed by atoms with Crippen LogP contribution in [-0.2, 0) is 6.42 Å². The third-order valence-electron chi connectivity index (χ3n) is 1.94. The monoisotopic (exact) mass is 210 g/mol. The molecule has 0 atom stereocenters. The highest BCUT2D eigenvalue weighted by molar-refractivity contribution is 7.80. The van der Waals surface area contributed by atoms with Crippen LogP contribution in [0.4, 0.5) is 5.69 Å². The molecule has 76 valence electrons. The lowest BCUT2D eigenvalue weighted by atomic mass is 10.1. The zero-order valence-electron chi connectivity index (χ0n) is 8.33. The predicted octanol–water partition coefficient (Wildman–Crippen LogP) is 1.91. The molecule has 4 heteroatoms. The number of thiocarbonyl (C=S) groups is 1. The first-order valence-corrected chi connectivity index (χ1v) is 4.82. The van der Waals surface area contributed by atoms with Crippen molar-refractivity contribution in [3.8, 4) is 5.75 Å². The molecule has 3 N–H and O–H groups in total. The van der Waals surface area contributed by atoms with Gasteiger partial charge in [0, 0.05) is 0 Å². The molecule has 0 unspecified atom stereocenters. The lowest BCUT2D eigenvalue weighted by molar-refractivity contribution is 0.412. The molecule has 0 aliphatic rings. The lowest BCUT2D eigenvalue weighted by Crippen LogP contribution is -2.19. The molecule has 0 aliphatic heterocycles. The van der Waals surface area contributed by atoms with E-state index >= 15 is 0 Å². The average molecular weight is 210 g/mol. The number of methoxy groups -OCH3 is 1. The van der Waals surface area contributed by atoms with E-state index in [2.05, 4.69) is 12.2 Å². The normalized spacial score (nSPS) is 9.57. The number of ether oxygens (including phenoxy) is 1. The van der Waals surface area contributed by atoms with Gasteiger partial charge < -0.3 is 15.8 Å².